The van der Waals surface area contributed by atoms with Crippen LogP contribution in [0, 0.1) is 0 Å². The predicted molar refractivity (Wildman–Crippen MR) is 92.1 cm³/mol. The van der Waals surface area contributed by atoms with Crippen molar-refractivity contribution < 1.29 is 17.9 Å². The molecule has 0 radical (unpaired) electrons. The van der Waals surface area contributed by atoms with Crippen molar-refractivity contribution in [3.8, 4) is 5.75 Å². The van der Waals surface area contributed by atoms with Crippen LogP contribution in [-0.2, 0) is 21.3 Å². The Morgan fingerprint density at radius 1 is 1.28 bits per heavy atom. The summed E-state index contributed by atoms with van der Waals surface area (Å²) in [5, 5.41) is 0. The molecule has 1 saturated heterocycles. The molecule has 2 aromatic rings. The highest BCUT2D eigenvalue weighted by atomic mass is 32.2. The number of hydrogen-bond acceptors (Lipinski definition) is 7. The Morgan fingerprint density at radius 2 is 2.08 bits per heavy atom. The van der Waals surface area contributed by atoms with E-state index in [1.165, 1.54) is 19.2 Å². The van der Waals surface area contributed by atoms with Crippen molar-refractivity contribution in [1.82, 2.24) is 14.7 Å². The zero-order chi connectivity index (χ0) is 17.7. The molecular formula is C16H20N4O4S. The fraction of sp³-hybridized carbons (Fsp3) is 0.375. The molecule has 0 atom stereocenters. The molecule has 0 bridgehead atoms. The van der Waals surface area contributed by atoms with E-state index in [4.69, 9.17) is 9.47 Å². The molecule has 1 aliphatic rings. The lowest BCUT2D eigenvalue weighted by Crippen LogP contribution is -2.37. The zero-order valence-corrected chi connectivity index (χ0v) is 14.7. The minimum absolute atomic E-state index is 0.0116. The molecule has 9 heteroatoms. The summed E-state index contributed by atoms with van der Waals surface area (Å²) in [7, 11) is -2.18. The zero-order valence-electron chi connectivity index (χ0n) is 13.9. The molecule has 1 fully saturated rings. The van der Waals surface area contributed by atoms with Crippen LogP contribution < -0.4 is 14.4 Å². The standard InChI is InChI=1S/C16H20N4O4S/c1-23-13-3-2-4-14(11-13)25(21,22)18-12-15-17-6-5-16(19-15)20-7-9-24-10-8-20/h2-6,11,18H,7-10,12H2,1H3. The van der Waals surface area contributed by atoms with Crippen LogP contribution in [0.4, 0.5) is 5.82 Å². The summed E-state index contributed by atoms with van der Waals surface area (Å²) in [6, 6.07) is 8.10. The highest BCUT2D eigenvalue weighted by Gasteiger charge is 2.17. The van der Waals surface area contributed by atoms with Gasteiger partial charge in [0.15, 0.2) is 0 Å². The van der Waals surface area contributed by atoms with Gasteiger partial charge in [-0.3, -0.25) is 0 Å². The average molecular weight is 364 g/mol. The first kappa shape index (κ1) is 17.6. The van der Waals surface area contributed by atoms with Crippen LogP contribution in [-0.4, -0.2) is 51.8 Å². The van der Waals surface area contributed by atoms with Gasteiger partial charge < -0.3 is 14.4 Å². The Morgan fingerprint density at radius 3 is 2.84 bits per heavy atom. The van der Waals surface area contributed by atoms with Gasteiger partial charge in [0.05, 0.1) is 31.8 Å². The lowest BCUT2D eigenvalue weighted by atomic mass is 10.3. The fourth-order valence-corrected chi connectivity index (χ4v) is 3.47. The summed E-state index contributed by atoms with van der Waals surface area (Å²) in [4.78, 5) is 10.8. The van der Waals surface area contributed by atoms with E-state index in [0.29, 0.717) is 24.8 Å². The third-order valence-electron chi connectivity index (χ3n) is 3.80. The number of nitrogens with zero attached hydrogens (tertiary/aromatic N) is 3. The summed E-state index contributed by atoms with van der Waals surface area (Å²) in [6.45, 7) is 2.83. The van der Waals surface area contributed by atoms with Crippen molar-refractivity contribution in [1.29, 1.82) is 0 Å². The number of anilines is 1. The lowest BCUT2D eigenvalue weighted by molar-refractivity contribution is 0.122. The molecule has 2 heterocycles. The number of nitrogens with one attached hydrogen (secondary N) is 1. The highest BCUT2D eigenvalue weighted by molar-refractivity contribution is 7.89. The first-order chi connectivity index (χ1) is 12.1. The summed E-state index contributed by atoms with van der Waals surface area (Å²) in [5.41, 5.74) is 0. The number of ether oxygens (including phenoxy) is 2. The molecule has 0 spiro atoms. The van der Waals surface area contributed by atoms with Crippen molar-refractivity contribution in [2.75, 3.05) is 38.3 Å². The van der Waals surface area contributed by atoms with Gasteiger partial charge in [-0.15, -0.1) is 0 Å². The third kappa shape index (κ3) is 4.44. The Hall–Kier alpha value is -2.23. The molecule has 0 unspecified atom stereocenters. The number of hydrogen-bond donors (Lipinski definition) is 1. The van der Waals surface area contributed by atoms with Crippen LogP contribution in [0.1, 0.15) is 5.82 Å². The van der Waals surface area contributed by atoms with E-state index in [1.807, 2.05) is 6.07 Å². The van der Waals surface area contributed by atoms with E-state index < -0.39 is 10.0 Å². The maximum Gasteiger partial charge on any atom is 0.241 e. The van der Waals surface area contributed by atoms with Crippen LogP contribution in [0.5, 0.6) is 5.75 Å². The third-order valence-corrected chi connectivity index (χ3v) is 5.20. The van der Waals surface area contributed by atoms with E-state index in [0.717, 1.165) is 18.9 Å². The topological polar surface area (TPSA) is 93.7 Å². The predicted octanol–water partition coefficient (Wildman–Crippen LogP) is 0.800. The maximum atomic E-state index is 12.4. The smallest absolute Gasteiger partial charge is 0.241 e. The molecule has 1 aromatic heterocycles. The van der Waals surface area contributed by atoms with Gasteiger partial charge in [-0.25, -0.2) is 23.1 Å². The van der Waals surface area contributed by atoms with Gasteiger partial charge in [-0.05, 0) is 18.2 Å². The molecular weight excluding hydrogens is 344 g/mol. The summed E-state index contributed by atoms with van der Waals surface area (Å²) >= 11 is 0. The van der Waals surface area contributed by atoms with Gasteiger partial charge in [-0.1, -0.05) is 6.07 Å². The van der Waals surface area contributed by atoms with E-state index in [2.05, 4.69) is 19.6 Å². The largest absolute Gasteiger partial charge is 0.497 e. The number of rotatable bonds is 6. The monoisotopic (exact) mass is 364 g/mol. The lowest BCUT2D eigenvalue weighted by Gasteiger charge is -2.27. The second-order valence-electron chi connectivity index (χ2n) is 5.43. The van der Waals surface area contributed by atoms with Gasteiger partial charge in [0.2, 0.25) is 10.0 Å². The first-order valence-corrected chi connectivity index (χ1v) is 9.35. The van der Waals surface area contributed by atoms with Crippen molar-refractivity contribution in [2.24, 2.45) is 0 Å². The van der Waals surface area contributed by atoms with Crippen molar-refractivity contribution in [3.05, 3.63) is 42.4 Å². The van der Waals surface area contributed by atoms with E-state index in [9.17, 15) is 8.42 Å². The van der Waals surface area contributed by atoms with Gasteiger partial charge in [0.25, 0.3) is 0 Å². The minimum atomic E-state index is -3.67. The molecule has 1 aliphatic heterocycles. The van der Waals surface area contributed by atoms with Crippen LogP contribution in [0.3, 0.4) is 0 Å². The van der Waals surface area contributed by atoms with Crippen LogP contribution in [0.15, 0.2) is 41.4 Å². The summed E-state index contributed by atoms with van der Waals surface area (Å²) < 4.78 is 37.7. The van der Waals surface area contributed by atoms with Crippen LogP contribution in [0.2, 0.25) is 0 Å². The maximum absolute atomic E-state index is 12.4. The minimum Gasteiger partial charge on any atom is -0.497 e. The number of methoxy groups -OCH3 is 1. The van der Waals surface area contributed by atoms with Gasteiger partial charge in [0.1, 0.15) is 17.4 Å². The molecule has 8 nitrogen and oxygen atoms in total. The Balaban J connectivity index is 1.70. The molecule has 0 saturated carbocycles. The molecule has 0 amide bonds. The molecule has 25 heavy (non-hydrogen) atoms. The van der Waals surface area contributed by atoms with Crippen LogP contribution in [0.25, 0.3) is 0 Å². The average Bonchev–Trinajstić information content (AvgIpc) is 2.67. The van der Waals surface area contributed by atoms with Crippen molar-refractivity contribution in [2.45, 2.75) is 11.4 Å². The first-order valence-electron chi connectivity index (χ1n) is 7.87. The van der Waals surface area contributed by atoms with E-state index >= 15 is 0 Å². The molecule has 134 valence electrons. The van der Waals surface area contributed by atoms with Crippen LogP contribution >= 0.6 is 0 Å². The molecule has 1 N–H and O–H groups in total. The number of benzene rings is 1. The van der Waals surface area contributed by atoms with Crippen molar-refractivity contribution in [3.63, 3.8) is 0 Å². The number of aromatic nitrogens is 2. The second kappa shape index (κ2) is 7.77. The van der Waals surface area contributed by atoms with Crippen molar-refractivity contribution >= 4 is 15.8 Å². The molecule has 0 aliphatic carbocycles. The van der Waals surface area contributed by atoms with E-state index in [1.54, 1.807) is 18.3 Å². The van der Waals surface area contributed by atoms with Gasteiger partial charge in [-0.2, -0.15) is 0 Å². The molecule has 1 aromatic carbocycles. The quantitative estimate of drug-likeness (QED) is 0.810. The van der Waals surface area contributed by atoms with Gasteiger partial charge >= 0.3 is 0 Å². The normalized spacial score (nSPS) is 15.2. The number of morpholine rings is 1. The Labute approximate surface area is 146 Å². The van der Waals surface area contributed by atoms with Gasteiger partial charge in [0, 0.05) is 25.4 Å². The Bertz CT molecular complexity index is 822. The highest BCUT2D eigenvalue weighted by Crippen LogP contribution is 2.17. The summed E-state index contributed by atoms with van der Waals surface area (Å²) in [5.74, 6) is 1.66. The Kier molecular flexibility index (Phi) is 5.47. The summed E-state index contributed by atoms with van der Waals surface area (Å²) in [6.07, 6.45) is 1.63. The molecule has 3 rings (SSSR count). The SMILES string of the molecule is COc1cccc(S(=O)(=O)NCc2nccc(N3CCOCC3)n2)c1. The number of sulfonamides is 1. The second-order valence-corrected chi connectivity index (χ2v) is 7.20. The fourth-order valence-electron chi connectivity index (χ4n) is 2.45. The van der Waals surface area contributed by atoms with E-state index in [-0.39, 0.29) is 11.4 Å².